The highest BCUT2D eigenvalue weighted by molar-refractivity contribution is 5.30. The van der Waals surface area contributed by atoms with Gasteiger partial charge in [-0.25, -0.2) is 0 Å². The SMILES string of the molecule is OCCCOc1ccc(C2CCNC2)cc1. The Bertz CT molecular complexity index is 304. The number of hydrogen-bond donors (Lipinski definition) is 2. The number of aliphatic hydroxyl groups is 1. The highest BCUT2D eigenvalue weighted by Gasteiger charge is 2.15. The summed E-state index contributed by atoms with van der Waals surface area (Å²) in [6.45, 7) is 2.98. The van der Waals surface area contributed by atoms with Crippen molar-refractivity contribution in [2.24, 2.45) is 0 Å². The Balaban J connectivity index is 1.88. The molecule has 0 spiro atoms. The van der Waals surface area contributed by atoms with Gasteiger partial charge in [0.25, 0.3) is 0 Å². The zero-order valence-corrected chi connectivity index (χ0v) is 9.48. The summed E-state index contributed by atoms with van der Waals surface area (Å²) in [6.07, 6.45) is 1.92. The minimum atomic E-state index is 0.186. The van der Waals surface area contributed by atoms with Crippen LogP contribution in [0.1, 0.15) is 24.3 Å². The molecule has 1 aromatic carbocycles. The predicted molar refractivity (Wildman–Crippen MR) is 63.9 cm³/mol. The Hall–Kier alpha value is -1.06. The van der Waals surface area contributed by atoms with E-state index in [2.05, 4.69) is 17.4 Å². The molecule has 1 aliphatic rings. The lowest BCUT2D eigenvalue weighted by atomic mass is 9.98. The maximum Gasteiger partial charge on any atom is 0.119 e. The van der Waals surface area contributed by atoms with E-state index in [0.29, 0.717) is 18.9 Å². The molecule has 0 saturated carbocycles. The molecular formula is C13H19NO2. The molecule has 0 radical (unpaired) electrons. The summed E-state index contributed by atoms with van der Waals surface area (Å²) in [7, 11) is 0. The van der Waals surface area contributed by atoms with Crippen LogP contribution in [0.15, 0.2) is 24.3 Å². The second-order valence-electron chi connectivity index (χ2n) is 4.18. The fraction of sp³-hybridized carbons (Fsp3) is 0.538. The Morgan fingerprint density at radius 1 is 1.31 bits per heavy atom. The lowest BCUT2D eigenvalue weighted by Crippen LogP contribution is -2.07. The molecule has 0 aliphatic carbocycles. The van der Waals surface area contributed by atoms with Gasteiger partial charge < -0.3 is 15.2 Å². The third-order valence-electron chi connectivity index (χ3n) is 2.98. The average Bonchev–Trinajstić information content (AvgIpc) is 2.84. The zero-order chi connectivity index (χ0) is 11.2. The van der Waals surface area contributed by atoms with Crippen LogP contribution in [0.3, 0.4) is 0 Å². The van der Waals surface area contributed by atoms with Crippen LogP contribution in [0.4, 0.5) is 0 Å². The normalized spacial score (nSPS) is 19.9. The van der Waals surface area contributed by atoms with Crippen molar-refractivity contribution in [2.45, 2.75) is 18.8 Å². The van der Waals surface area contributed by atoms with Gasteiger partial charge in [0.15, 0.2) is 0 Å². The van der Waals surface area contributed by atoms with E-state index in [1.807, 2.05) is 12.1 Å². The minimum absolute atomic E-state index is 0.186. The minimum Gasteiger partial charge on any atom is -0.494 e. The molecule has 1 unspecified atom stereocenters. The first-order valence-electron chi connectivity index (χ1n) is 5.94. The van der Waals surface area contributed by atoms with E-state index in [1.54, 1.807) is 0 Å². The maximum absolute atomic E-state index is 8.64. The summed E-state index contributed by atoms with van der Waals surface area (Å²) in [5.74, 6) is 1.55. The molecule has 1 heterocycles. The van der Waals surface area contributed by atoms with Crippen molar-refractivity contribution in [1.82, 2.24) is 5.32 Å². The van der Waals surface area contributed by atoms with Gasteiger partial charge in [0.05, 0.1) is 6.61 Å². The Kier molecular flexibility index (Phi) is 4.19. The summed E-state index contributed by atoms with van der Waals surface area (Å²) in [5.41, 5.74) is 1.39. The number of ether oxygens (including phenoxy) is 1. The highest BCUT2D eigenvalue weighted by atomic mass is 16.5. The fourth-order valence-electron chi connectivity index (χ4n) is 2.03. The van der Waals surface area contributed by atoms with Gasteiger partial charge in [0.2, 0.25) is 0 Å². The highest BCUT2D eigenvalue weighted by Crippen LogP contribution is 2.24. The first kappa shape index (κ1) is 11.4. The van der Waals surface area contributed by atoms with Gasteiger partial charge in [-0.3, -0.25) is 0 Å². The van der Waals surface area contributed by atoms with E-state index in [0.717, 1.165) is 18.8 Å². The molecule has 1 aliphatic heterocycles. The van der Waals surface area contributed by atoms with Crippen molar-refractivity contribution in [1.29, 1.82) is 0 Å². The molecule has 0 amide bonds. The average molecular weight is 221 g/mol. The largest absolute Gasteiger partial charge is 0.494 e. The van der Waals surface area contributed by atoms with Crippen molar-refractivity contribution < 1.29 is 9.84 Å². The van der Waals surface area contributed by atoms with Gasteiger partial charge in [-0.2, -0.15) is 0 Å². The molecule has 1 saturated heterocycles. The van der Waals surface area contributed by atoms with Gasteiger partial charge in [-0.05, 0) is 36.6 Å². The molecule has 3 heteroatoms. The van der Waals surface area contributed by atoms with Gasteiger partial charge >= 0.3 is 0 Å². The molecule has 0 bridgehead atoms. The summed E-state index contributed by atoms with van der Waals surface area (Å²) in [5, 5.41) is 12.0. The quantitative estimate of drug-likeness (QED) is 0.741. The smallest absolute Gasteiger partial charge is 0.119 e. The van der Waals surface area contributed by atoms with Gasteiger partial charge in [-0.15, -0.1) is 0 Å². The van der Waals surface area contributed by atoms with E-state index < -0.39 is 0 Å². The van der Waals surface area contributed by atoms with Crippen LogP contribution < -0.4 is 10.1 Å². The molecule has 3 nitrogen and oxygen atoms in total. The first-order valence-corrected chi connectivity index (χ1v) is 5.94. The molecule has 88 valence electrons. The molecule has 1 fully saturated rings. The maximum atomic E-state index is 8.64. The van der Waals surface area contributed by atoms with Crippen LogP contribution in [0.5, 0.6) is 5.75 Å². The fourth-order valence-corrected chi connectivity index (χ4v) is 2.03. The number of hydrogen-bond acceptors (Lipinski definition) is 3. The van der Waals surface area contributed by atoms with Crippen LogP contribution >= 0.6 is 0 Å². The van der Waals surface area contributed by atoms with E-state index >= 15 is 0 Å². The van der Waals surface area contributed by atoms with E-state index in [-0.39, 0.29) is 6.61 Å². The Labute approximate surface area is 96.4 Å². The lowest BCUT2D eigenvalue weighted by Gasteiger charge is -2.10. The van der Waals surface area contributed by atoms with Crippen LogP contribution in [0.2, 0.25) is 0 Å². The summed E-state index contributed by atoms with van der Waals surface area (Å²) < 4.78 is 5.49. The zero-order valence-electron chi connectivity index (χ0n) is 9.48. The molecular weight excluding hydrogens is 202 g/mol. The Morgan fingerprint density at radius 2 is 2.12 bits per heavy atom. The molecule has 2 rings (SSSR count). The monoisotopic (exact) mass is 221 g/mol. The van der Waals surface area contributed by atoms with Crippen molar-refractivity contribution in [3.05, 3.63) is 29.8 Å². The topological polar surface area (TPSA) is 41.5 Å². The number of rotatable bonds is 5. The number of aliphatic hydroxyl groups excluding tert-OH is 1. The third-order valence-corrected chi connectivity index (χ3v) is 2.98. The van der Waals surface area contributed by atoms with Gasteiger partial charge in [0, 0.05) is 19.6 Å². The van der Waals surface area contributed by atoms with Gasteiger partial charge in [-0.1, -0.05) is 12.1 Å². The second-order valence-corrected chi connectivity index (χ2v) is 4.18. The van der Waals surface area contributed by atoms with Crippen LogP contribution in [-0.2, 0) is 0 Å². The molecule has 1 atom stereocenters. The Morgan fingerprint density at radius 3 is 2.75 bits per heavy atom. The van der Waals surface area contributed by atoms with Gasteiger partial charge in [0.1, 0.15) is 5.75 Å². The van der Waals surface area contributed by atoms with Crippen molar-refractivity contribution in [2.75, 3.05) is 26.3 Å². The van der Waals surface area contributed by atoms with Crippen molar-refractivity contribution in [3.8, 4) is 5.75 Å². The first-order chi connectivity index (χ1) is 7.90. The molecule has 0 aromatic heterocycles. The van der Waals surface area contributed by atoms with Crippen LogP contribution in [0, 0.1) is 0 Å². The van der Waals surface area contributed by atoms with Crippen molar-refractivity contribution >= 4 is 0 Å². The lowest BCUT2D eigenvalue weighted by molar-refractivity contribution is 0.233. The third kappa shape index (κ3) is 2.97. The van der Waals surface area contributed by atoms with Crippen LogP contribution in [0.25, 0.3) is 0 Å². The standard InChI is InChI=1S/C13H19NO2/c15-8-1-9-16-13-4-2-11(3-5-13)12-6-7-14-10-12/h2-5,12,14-15H,1,6-10H2. The number of benzene rings is 1. The van der Waals surface area contributed by atoms with Crippen molar-refractivity contribution in [3.63, 3.8) is 0 Å². The predicted octanol–water partition coefficient (Wildman–Crippen LogP) is 1.52. The van der Waals surface area contributed by atoms with E-state index in [1.165, 1.54) is 12.0 Å². The van der Waals surface area contributed by atoms with Crippen LogP contribution in [-0.4, -0.2) is 31.4 Å². The summed E-state index contributed by atoms with van der Waals surface area (Å²) in [6, 6.07) is 8.33. The second kappa shape index (κ2) is 5.87. The molecule has 1 aromatic rings. The summed E-state index contributed by atoms with van der Waals surface area (Å²) >= 11 is 0. The molecule has 16 heavy (non-hydrogen) atoms. The van der Waals surface area contributed by atoms with E-state index in [9.17, 15) is 0 Å². The molecule has 2 N–H and O–H groups in total. The summed E-state index contributed by atoms with van der Waals surface area (Å²) in [4.78, 5) is 0. The van der Waals surface area contributed by atoms with E-state index in [4.69, 9.17) is 9.84 Å². The number of nitrogens with one attached hydrogen (secondary N) is 1.